The molecule has 2 aromatic carbocycles. The van der Waals surface area contributed by atoms with E-state index in [9.17, 15) is 13.2 Å². The maximum Gasteiger partial charge on any atom is 0.260 e. The van der Waals surface area contributed by atoms with Gasteiger partial charge in [-0.3, -0.25) is 9.10 Å². The van der Waals surface area contributed by atoms with Gasteiger partial charge in [-0.05, 0) is 62.7 Å². The van der Waals surface area contributed by atoms with Crippen LogP contribution < -0.4 is 14.5 Å². The number of carbonyl (C=O) groups is 1. The number of halogens is 2. The number of anilines is 1. The van der Waals surface area contributed by atoms with Crippen LogP contribution in [0.4, 0.5) is 5.69 Å². The van der Waals surface area contributed by atoms with E-state index in [0.717, 1.165) is 38.8 Å². The molecule has 11 heteroatoms. The molecule has 1 amide bonds. The lowest BCUT2D eigenvalue weighted by molar-refractivity contribution is -0.119. The molecule has 0 aliphatic rings. The third-order valence-electron chi connectivity index (χ3n) is 5.32. The van der Waals surface area contributed by atoms with E-state index >= 15 is 0 Å². The highest BCUT2D eigenvalue weighted by atomic mass is 35.5. The molecule has 0 spiro atoms. The van der Waals surface area contributed by atoms with Gasteiger partial charge in [0, 0.05) is 22.6 Å². The van der Waals surface area contributed by atoms with Crippen molar-refractivity contribution in [1.29, 1.82) is 0 Å². The molecule has 0 unspecified atom stereocenters. The molecular formula is C24H26Cl2N4O4S. The van der Waals surface area contributed by atoms with E-state index in [-0.39, 0.29) is 5.69 Å². The number of nitrogens with zero attached hydrogens (tertiary/aromatic N) is 3. The summed E-state index contributed by atoms with van der Waals surface area (Å²) in [6.45, 7) is 5.21. The van der Waals surface area contributed by atoms with Gasteiger partial charge in [-0.15, -0.1) is 0 Å². The Balaban J connectivity index is 1.79. The molecule has 8 nitrogen and oxygen atoms in total. The maximum absolute atomic E-state index is 12.6. The van der Waals surface area contributed by atoms with Crippen LogP contribution in [-0.4, -0.2) is 45.0 Å². The molecular weight excluding hydrogens is 511 g/mol. The second kappa shape index (κ2) is 10.7. The summed E-state index contributed by atoms with van der Waals surface area (Å²) >= 11 is 12.2. The first kappa shape index (κ1) is 26.6. The molecule has 0 saturated heterocycles. The van der Waals surface area contributed by atoms with E-state index in [1.54, 1.807) is 30.3 Å². The molecule has 0 radical (unpaired) electrons. The zero-order chi connectivity index (χ0) is 25.9. The first-order chi connectivity index (χ1) is 16.4. The van der Waals surface area contributed by atoms with Crippen molar-refractivity contribution in [3.63, 3.8) is 0 Å². The predicted octanol–water partition coefficient (Wildman–Crippen LogP) is 4.63. The number of ether oxygens (including phenoxy) is 1. The highest BCUT2D eigenvalue weighted by molar-refractivity contribution is 7.92. The molecule has 1 N–H and O–H groups in total. The zero-order valence-corrected chi connectivity index (χ0v) is 22.3. The Bertz CT molecular complexity index is 1400. The first-order valence-electron chi connectivity index (χ1n) is 10.5. The van der Waals surface area contributed by atoms with Gasteiger partial charge in [0.25, 0.3) is 5.91 Å². The summed E-state index contributed by atoms with van der Waals surface area (Å²) in [5.41, 5.74) is 6.93. The highest BCUT2D eigenvalue weighted by Crippen LogP contribution is 2.31. The highest BCUT2D eigenvalue weighted by Gasteiger charge is 2.24. The Morgan fingerprint density at radius 2 is 1.83 bits per heavy atom. The van der Waals surface area contributed by atoms with Crippen molar-refractivity contribution in [3.8, 4) is 11.4 Å². The van der Waals surface area contributed by atoms with E-state index < -0.39 is 22.5 Å². The molecule has 186 valence electrons. The van der Waals surface area contributed by atoms with Crippen LogP contribution in [0.3, 0.4) is 0 Å². The number of carbonyl (C=O) groups excluding carboxylic acids is 1. The van der Waals surface area contributed by atoms with Crippen molar-refractivity contribution < 1.29 is 17.9 Å². The molecule has 0 aliphatic carbocycles. The fourth-order valence-electron chi connectivity index (χ4n) is 3.66. The lowest BCUT2D eigenvalue weighted by atomic mass is 10.2. The number of nitrogens with one attached hydrogen (secondary N) is 1. The molecule has 3 rings (SSSR count). The third kappa shape index (κ3) is 6.17. The van der Waals surface area contributed by atoms with Crippen LogP contribution in [0.15, 0.2) is 47.6 Å². The topological polar surface area (TPSA) is 93.0 Å². The fraction of sp³-hybridized carbons (Fsp3) is 0.250. The number of methoxy groups -OCH3 is 1. The van der Waals surface area contributed by atoms with Crippen molar-refractivity contribution >= 4 is 51.0 Å². The summed E-state index contributed by atoms with van der Waals surface area (Å²) in [5, 5.41) is 4.94. The monoisotopic (exact) mass is 536 g/mol. The normalized spacial score (nSPS) is 11.6. The summed E-state index contributed by atoms with van der Waals surface area (Å²) in [4.78, 5) is 12.6. The number of benzene rings is 2. The van der Waals surface area contributed by atoms with Crippen molar-refractivity contribution in [2.45, 2.75) is 20.8 Å². The summed E-state index contributed by atoms with van der Waals surface area (Å²) < 4.78 is 33.1. The Morgan fingerprint density at radius 1 is 1.11 bits per heavy atom. The summed E-state index contributed by atoms with van der Waals surface area (Å²) in [6, 6.07) is 12.4. The molecule has 0 aliphatic heterocycles. The van der Waals surface area contributed by atoms with Crippen LogP contribution in [0.5, 0.6) is 5.75 Å². The fourth-order valence-corrected chi connectivity index (χ4v) is 4.80. The number of amides is 1. The number of hydrazone groups is 1. The molecule has 1 aromatic heterocycles. The lowest BCUT2D eigenvalue weighted by Crippen LogP contribution is -2.39. The average molecular weight is 537 g/mol. The third-order valence-corrected chi connectivity index (χ3v) is 7.18. The van der Waals surface area contributed by atoms with E-state index in [4.69, 9.17) is 27.9 Å². The minimum absolute atomic E-state index is 0.277. The van der Waals surface area contributed by atoms with Crippen LogP contribution in [0, 0.1) is 20.8 Å². The number of aromatic nitrogens is 1. The van der Waals surface area contributed by atoms with Crippen LogP contribution in [0.2, 0.25) is 10.0 Å². The van der Waals surface area contributed by atoms with Crippen LogP contribution >= 0.6 is 23.2 Å². The van der Waals surface area contributed by atoms with Crippen molar-refractivity contribution in [2.75, 3.05) is 24.2 Å². The van der Waals surface area contributed by atoms with Gasteiger partial charge in [0.15, 0.2) is 0 Å². The maximum atomic E-state index is 12.6. The largest absolute Gasteiger partial charge is 0.495 e. The van der Waals surface area contributed by atoms with Crippen LogP contribution in [-0.2, 0) is 14.8 Å². The quantitative estimate of drug-likeness (QED) is 0.335. The number of hydrogen-bond donors (Lipinski definition) is 1. The number of sulfonamides is 1. The summed E-state index contributed by atoms with van der Waals surface area (Å²) in [5.74, 6) is -0.263. The van der Waals surface area contributed by atoms with Crippen LogP contribution in [0.1, 0.15) is 22.5 Å². The molecule has 3 aromatic rings. The van der Waals surface area contributed by atoms with Crippen molar-refractivity contribution in [3.05, 3.63) is 75.0 Å². The SMILES string of the molecule is COc1ccc(C)cc1N(CC(=O)N/N=C\c1cc(C)n(-c2ccc(Cl)c(Cl)c2)c1C)S(C)(=O)=O. The second-order valence-corrected chi connectivity index (χ2v) is 10.7. The smallest absolute Gasteiger partial charge is 0.260 e. The number of hydrogen-bond acceptors (Lipinski definition) is 5. The summed E-state index contributed by atoms with van der Waals surface area (Å²) in [7, 11) is -2.33. The van der Waals surface area contributed by atoms with E-state index in [1.807, 2.05) is 37.5 Å². The molecule has 0 saturated carbocycles. The van der Waals surface area contributed by atoms with Gasteiger partial charge in [-0.2, -0.15) is 5.10 Å². The van der Waals surface area contributed by atoms with E-state index in [1.165, 1.54) is 13.3 Å². The molecule has 0 fully saturated rings. The van der Waals surface area contributed by atoms with Gasteiger partial charge in [-0.25, -0.2) is 13.8 Å². The van der Waals surface area contributed by atoms with Gasteiger partial charge in [0.2, 0.25) is 10.0 Å². The average Bonchev–Trinajstić information content (AvgIpc) is 3.06. The van der Waals surface area contributed by atoms with Gasteiger partial charge in [0.1, 0.15) is 12.3 Å². The Kier molecular flexibility index (Phi) is 8.15. The van der Waals surface area contributed by atoms with Crippen molar-refractivity contribution in [1.82, 2.24) is 9.99 Å². The number of aryl methyl sites for hydroxylation is 2. The van der Waals surface area contributed by atoms with Gasteiger partial charge < -0.3 is 9.30 Å². The number of rotatable bonds is 8. The lowest BCUT2D eigenvalue weighted by Gasteiger charge is -2.23. The van der Waals surface area contributed by atoms with Gasteiger partial charge >= 0.3 is 0 Å². The Hall–Kier alpha value is -3.01. The minimum atomic E-state index is -3.77. The van der Waals surface area contributed by atoms with E-state index in [2.05, 4.69) is 10.5 Å². The Labute approximate surface area is 215 Å². The molecule has 0 atom stereocenters. The van der Waals surface area contributed by atoms with Crippen molar-refractivity contribution in [2.24, 2.45) is 5.10 Å². The molecule has 1 heterocycles. The standard InChI is InChI=1S/C24H26Cl2N4O4S/c1-15-6-9-23(34-4)22(10-15)29(35(5,32)33)14-24(31)28-27-13-18-11-16(2)30(17(18)3)19-7-8-20(25)21(26)12-19/h6-13H,14H2,1-5H3,(H,28,31)/b27-13-. The zero-order valence-electron chi connectivity index (χ0n) is 20.0. The predicted molar refractivity (Wildman–Crippen MR) is 141 cm³/mol. The minimum Gasteiger partial charge on any atom is -0.495 e. The van der Waals surface area contributed by atoms with Gasteiger partial charge in [0.05, 0.1) is 35.3 Å². The molecule has 0 bridgehead atoms. The second-order valence-electron chi connectivity index (χ2n) is 8.00. The Morgan fingerprint density at radius 3 is 2.46 bits per heavy atom. The summed E-state index contributed by atoms with van der Waals surface area (Å²) in [6.07, 6.45) is 2.54. The molecule has 35 heavy (non-hydrogen) atoms. The van der Waals surface area contributed by atoms with Crippen LogP contribution in [0.25, 0.3) is 5.69 Å². The first-order valence-corrected chi connectivity index (χ1v) is 13.1. The van der Waals surface area contributed by atoms with E-state index in [0.29, 0.717) is 15.8 Å². The van der Waals surface area contributed by atoms with Gasteiger partial charge in [-0.1, -0.05) is 29.3 Å².